The molecule has 0 spiro atoms. The molecule has 0 aliphatic carbocycles. The third-order valence-electron chi connectivity index (χ3n) is 2.57. The molecule has 0 aromatic rings. The van der Waals surface area contributed by atoms with Crippen LogP contribution in [0.3, 0.4) is 0 Å². The molecule has 15 heavy (non-hydrogen) atoms. The van der Waals surface area contributed by atoms with Crippen LogP contribution in [-0.2, 0) is 4.79 Å². The lowest BCUT2D eigenvalue weighted by Gasteiger charge is -2.15. The Morgan fingerprint density at radius 3 is 2.67 bits per heavy atom. The van der Waals surface area contributed by atoms with Crippen molar-refractivity contribution in [3.05, 3.63) is 0 Å². The van der Waals surface area contributed by atoms with Crippen LogP contribution in [0.4, 0.5) is 13.2 Å². The second-order valence-corrected chi connectivity index (χ2v) is 3.79. The van der Waals surface area contributed by atoms with E-state index in [0.717, 1.165) is 6.54 Å². The fraction of sp³-hybridized carbons (Fsp3) is 0.889. The Morgan fingerprint density at radius 2 is 2.20 bits per heavy atom. The number of carbonyl (C=O) groups excluding carboxylic acids is 1. The van der Waals surface area contributed by atoms with Crippen molar-refractivity contribution in [1.82, 2.24) is 10.6 Å². The number of hydrogen-bond donors (Lipinski definition) is 2. The molecule has 3 nitrogen and oxygen atoms in total. The van der Waals surface area contributed by atoms with Gasteiger partial charge in [0, 0.05) is 12.6 Å². The molecule has 0 bridgehead atoms. The van der Waals surface area contributed by atoms with Crippen molar-refractivity contribution in [1.29, 1.82) is 0 Å². The highest BCUT2D eigenvalue weighted by Crippen LogP contribution is 2.19. The van der Waals surface area contributed by atoms with E-state index in [9.17, 15) is 18.0 Å². The molecule has 2 atom stereocenters. The van der Waals surface area contributed by atoms with Crippen LogP contribution in [-0.4, -0.2) is 31.2 Å². The fourth-order valence-electron chi connectivity index (χ4n) is 1.68. The molecule has 1 aliphatic heterocycles. The molecular weight excluding hydrogens is 209 g/mol. The fourth-order valence-corrected chi connectivity index (χ4v) is 1.68. The van der Waals surface area contributed by atoms with Crippen molar-refractivity contribution in [3.63, 3.8) is 0 Å². The summed E-state index contributed by atoms with van der Waals surface area (Å²) in [7, 11) is 0. The van der Waals surface area contributed by atoms with Crippen LogP contribution in [0.5, 0.6) is 0 Å². The molecule has 1 fully saturated rings. The molecule has 2 unspecified atom stereocenters. The molecule has 0 saturated carbocycles. The lowest BCUT2D eigenvalue weighted by atomic mass is 10.0. The molecule has 0 aromatic carbocycles. The van der Waals surface area contributed by atoms with Gasteiger partial charge in [0.1, 0.15) is 0 Å². The predicted molar refractivity (Wildman–Crippen MR) is 49.3 cm³/mol. The summed E-state index contributed by atoms with van der Waals surface area (Å²) in [5.74, 6) is -0.477. The Hall–Kier alpha value is -0.780. The Kier molecular flexibility index (Phi) is 3.96. The molecule has 1 aliphatic rings. The number of nitrogens with one attached hydrogen (secondary N) is 2. The van der Waals surface area contributed by atoms with E-state index in [0.29, 0.717) is 6.42 Å². The number of carbonyl (C=O) groups is 1. The van der Waals surface area contributed by atoms with Crippen molar-refractivity contribution in [3.8, 4) is 0 Å². The number of halogens is 3. The Labute approximate surface area is 86.4 Å². The molecule has 88 valence electrons. The molecule has 1 rings (SSSR count). The normalized spacial score (nSPS) is 26.7. The lowest BCUT2D eigenvalue weighted by molar-refractivity contribution is -0.136. The van der Waals surface area contributed by atoms with Crippen LogP contribution in [0.25, 0.3) is 0 Å². The van der Waals surface area contributed by atoms with Crippen LogP contribution in [0, 0.1) is 5.92 Å². The van der Waals surface area contributed by atoms with E-state index in [1.54, 1.807) is 0 Å². The maximum absolute atomic E-state index is 11.8. The smallest absolute Gasteiger partial charge is 0.355 e. The maximum Gasteiger partial charge on any atom is 0.390 e. The molecular formula is C9H15F3N2O. The van der Waals surface area contributed by atoms with Gasteiger partial charge in [0.2, 0.25) is 5.91 Å². The molecule has 0 radical (unpaired) electrons. The first-order chi connectivity index (χ1) is 6.90. The van der Waals surface area contributed by atoms with Gasteiger partial charge < -0.3 is 10.6 Å². The number of rotatable bonds is 3. The molecule has 2 N–H and O–H groups in total. The zero-order valence-electron chi connectivity index (χ0n) is 8.53. The minimum Gasteiger partial charge on any atom is -0.355 e. The molecule has 6 heteroatoms. The van der Waals surface area contributed by atoms with E-state index < -0.39 is 12.6 Å². The van der Waals surface area contributed by atoms with E-state index in [-0.39, 0.29) is 24.4 Å². The quantitative estimate of drug-likeness (QED) is 0.752. The van der Waals surface area contributed by atoms with Gasteiger partial charge in [0.25, 0.3) is 0 Å². The van der Waals surface area contributed by atoms with E-state index in [1.807, 2.05) is 6.92 Å². The van der Waals surface area contributed by atoms with E-state index in [1.165, 1.54) is 0 Å². The largest absolute Gasteiger partial charge is 0.390 e. The number of alkyl halides is 3. The Balaban J connectivity index is 2.24. The van der Waals surface area contributed by atoms with Gasteiger partial charge in [0.15, 0.2) is 0 Å². The second-order valence-electron chi connectivity index (χ2n) is 3.79. The molecule has 1 heterocycles. The number of hydrogen-bond acceptors (Lipinski definition) is 2. The summed E-state index contributed by atoms with van der Waals surface area (Å²) in [5.41, 5.74) is 0. The highest BCUT2D eigenvalue weighted by atomic mass is 19.4. The van der Waals surface area contributed by atoms with Crippen molar-refractivity contribution < 1.29 is 18.0 Å². The van der Waals surface area contributed by atoms with Crippen LogP contribution >= 0.6 is 0 Å². The molecule has 0 aromatic heterocycles. The van der Waals surface area contributed by atoms with Crippen molar-refractivity contribution in [2.45, 2.75) is 32.0 Å². The first-order valence-corrected chi connectivity index (χ1v) is 4.98. The summed E-state index contributed by atoms with van der Waals surface area (Å²) in [5, 5.41) is 5.39. The predicted octanol–water partition coefficient (Wildman–Crippen LogP) is 1.05. The monoisotopic (exact) mass is 224 g/mol. The van der Waals surface area contributed by atoms with Gasteiger partial charge in [-0.25, -0.2) is 0 Å². The van der Waals surface area contributed by atoms with Gasteiger partial charge >= 0.3 is 6.18 Å². The summed E-state index contributed by atoms with van der Waals surface area (Å²) in [4.78, 5) is 11.4. The van der Waals surface area contributed by atoms with Gasteiger partial charge in [-0.3, -0.25) is 4.79 Å². The third kappa shape index (κ3) is 4.07. The minimum atomic E-state index is -4.20. The molecule has 1 amide bonds. The average Bonchev–Trinajstić information content (AvgIpc) is 2.48. The van der Waals surface area contributed by atoms with Crippen LogP contribution in [0.2, 0.25) is 0 Å². The first-order valence-electron chi connectivity index (χ1n) is 4.98. The summed E-state index contributed by atoms with van der Waals surface area (Å²) in [6, 6.07) is 0.0517. The van der Waals surface area contributed by atoms with Gasteiger partial charge in [-0.1, -0.05) is 0 Å². The Morgan fingerprint density at radius 1 is 1.53 bits per heavy atom. The SMILES string of the molecule is CC1NCCC1C(=O)NCCC(F)(F)F. The summed E-state index contributed by atoms with van der Waals surface area (Å²) in [6.07, 6.45) is -4.47. The van der Waals surface area contributed by atoms with E-state index in [2.05, 4.69) is 10.6 Å². The van der Waals surface area contributed by atoms with Gasteiger partial charge in [-0.2, -0.15) is 13.2 Å². The van der Waals surface area contributed by atoms with Gasteiger partial charge in [-0.05, 0) is 19.9 Å². The van der Waals surface area contributed by atoms with Crippen LogP contribution in [0.1, 0.15) is 19.8 Å². The first kappa shape index (κ1) is 12.3. The second kappa shape index (κ2) is 4.83. The summed E-state index contributed by atoms with van der Waals surface area (Å²) < 4.78 is 35.4. The molecule has 1 saturated heterocycles. The Bertz CT molecular complexity index is 230. The van der Waals surface area contributed by atoms with Crippen molar-refractivity contribution in [2.24, 2.45) is 5.92 Å². The number of amides is 1. The highest BCUT2D eigenvalue weighted by molar-refractivity contribution is 5.79. The summed E-state index contributed by atoms with van der Waals surface area (Å²) >= 11 is 0. The van der Waals surface area contributed by atoms with Crippen LogP contribution in [0.15, 0.2) is 0 Å². The van der Waals surface area contributed by atoms with E-state index >= 15 is 0 Å². The topological polar surface area (TPSA) is 41.1 Å². The minimum absolute atomic E-state index is 0.0517. The zero-order valence-corrected chi connectivity index (χ0v) is 8.53. The maximum atomic E-state index is 11.8. The van der Waals surface area contributed by atoms with Crippen molar-refractivity contribution >= 4 is 5.91 Å². The average molecular weight is 224 g/mol. The van der Waals surface area contributed by atoms with Gasteiger partial charge in [0.05, 0.1) is 12.3 Å². The van der Waals surface area contributed by atoms with Crippen LogP contribution < -0.4 is 10.6 Å². The van der Waals surface area contributed by atoms with Gasteiger partial charge in [-0.15, -0.1) is 0 Å². The third-order valence-corrected chi connectivity index (χ3v) is 2.57. The van der Waals surface area contributed by atoms with E-state index in [4.69, 9.17) is 0 Å². The van der Waals surface area contributed by atoms with Crippen molar-refractivity contribution in [2.75, 3.05) is 13.1 Å². The standard InChI is InChI=1S/C9H15F3N2O/c1-6-7(2-4-13-6)8(15)14-5-3-9(10,11)12/h6-7,13H,2-5H2,1H3,(H,14,15). The lowest BCUT2D eigenvalue weighted by Crippen LogP contribution is -2.38. The highest BCUT2D eigenvalue weighted by Gasteiger charge is 2.31. The summed E-state index contributed by atoms with van der Waals surface area (Å²) in [6.45, 7) is 2.28. The zero-order chi connectivity index (χ0) is 11.5.